The second-order valence-corrected chi connectivity index (χ2v) is 6.28. The van der Waals surface area contributed by atoms with Crippen molar-refractivity contribution in [2.45, 2.75) is 25.8 Å². The van der Waals surface area contributed by atoms with Crippen molar-refractivity contribution >= 4 is 33.3 Å². The van der Waals surface area contributed by atoms with Crippen molar-refractivity contribution in [3.05, 3.63) is 35.2 Å². The first-order valence-corrected chi connectivity index (χ1v) is 7.99. The van der Waals surface area contributed by atoms with Crippen LogP contribution < -0.4 is 0 Å². The third kappa shape index (κ3) is 2.31. The molecule has 0 bridgehead atoms. The number of hydrogen-bond acceptors (Lipinski definition) is 3. The molecular formula is C16H17NO3S. The Morgan fingerprint density at radius 1 is 1.43 bits per heavy atom. The van der Waals surface area contributed by atoms with E-state index in [1.54, 1.807) is 16.2 Å². The lowest BCUT2D eigenvalue weighted by Gasteiger charge is -2.26. The molecule has 2 atom stereocenters. The fourth-order valence-electron chi connectivity index (χ4n) is 3.13. The highest BCUT2D eigenvalue weighted by molar-refractivity contribution is 7.17. The highest BCUT2D eigenvalue weighted by Gasteiger charge is 2.44. The summed E-state index contributed by atoms with van der Waals surface area (Å²) >= 11 is 1.60. The minimum Gasteiger partial charge on any atom is -0.481 e. The van der Waals surface area contributed by atoms with Crippen LogP contribution in [0, 0.1) is 5.92 Å². The first-order chi connectivity index (χ1) is 10.1. The molecule has 0 saturated carbocycles. The maximum Gasteiger partial charge on any atom is 0.309 e. The zero-order valence-electron chi connectivity index (χ0n) is 11.8. The number of likely N-dealkylation sites (tertiary alicyclic amines) is 1. The van der Waals surface area contributed by atoms with Crippen molar-refractivity contribution in [3.63, 3.8) is 0 Å². The van der Waals surface area contributed by atoms with Crippen molar-refractivity contribution in [2.24, 2.45) is 5.92 Å². The number of hydrogen-bond donors (Lipinski definition) is 1. The van der Waals surface area contributed by atoms with Crippen molar-refractivity contribution in [3.8, 4) is 0 Å². The number of carboxylic acid groups (broad SMARTS) is 1. The fraction of sp³-hybridized carbons (Fsp3) is 0.375. The van der Waals surface area contributed by atoms with Gasteiger partial charge in [-0.25, -0.2) is 0 Å². The van der Waals surface area contributed by atoms with E-state index in [1.165, 1.54) is 0 Å². The number of carbonyl (C=O) groups is 2. The third-order valence-electron chi connectivity index (χ3n) is 4.04. The second kappa shape index (κ2) is 5.48. The highest BCUT2D eigenvalue weighted by atomic mass is 32.1. The molecular weight excluding hydrogens is 286 g/mol. The maximum atomic E-state index is 12.2. The van der Waals surface area contributed by atoms with E-state index in [1.807, 2.05) is 36.6 Å². The van der Waals surface area contributed by atoms with Crippen LogP contribution in [0.15, 0.2) is 29.6 Å². The molecule has 3 rings (SSSR count). The van der Waals surface area contributed by atoms with Crippen molar-refractivity contribution < 1.29 is 14.7 Å². The number of aliphatic carboxylic acids is 1. The van der Waals surface area contributed by atoms with E-state index in [4.69, 9.17) is 0 Å². The quantitative estimate of drug-likeness (QED) is 0.943. The zero-order chi connectivity index (χ0) is 15.0. The van der Waals surface area contributed by atoms with Gasteiger partial charge in [-0.3, -0.25) is 9.59 Å². The molecule has 110 valence electrons. The first-order valence-electron chi connectivity index (χ1n) is 7.12. The van der Waals surface area contributed by atoms with Crippen LogP contribution in [0.3, 0.4) is 0 Å². The van der Waals surface area contributed by atoms with Crippen molar-refractivity contribution in [1.29, 1.82) is 0 Å². The molecule has 1 aromatic heterocycles. The number of nitrogens with zero attached hydrogens (tertiary/aromatic N) is 1. The summed E-state index contributed by atoms with van der Waals surface area (Å²) in [5, 5.41) is 12.6. The van der Waals surface area contributed by atoms with Crippen molar-refractivity contribution in [2.75, 3.05) is 6.54 Å². The Balaban J connectivity index is 2.10. The van der Waals surface area contributed by atoms with Crippen LogP contribution >= 0.6 is 11.3 Å². The van der Waals surface area contributed by atoms with E-state index in [0.717, 1.165) is 22.1 Å². The lowest BCUT2D eigenvalue weighted by atomic mass is 9.93. The largest absolute Gasteiger partial charge is 0.481 e. The molecule has 1 aromatic carbocycles. The Hall–Kier alpha value is -1.88. The first kappa shape index (κ1) is 14.1. The van der Waals surface area contributed by atoms with E-state index in [2.05, 4.69) is 0 Å². The molecule has 2 aromatic rings. The van der Waals surface area contributed by atoms with Gasteiger partial charge in [-0.15, -0.1) is 11.3 Å². The predicted octanol–water partition coefficient (Wildman–Crippen LogP) is 3.29. The molecule has 2 heterocycles. The number of thiophene rings is 1. The molecule has 5 heteroatoms. The molecule has 0 spiro atoms. The molecule has 1 amide bonds. The molecule has 21 heavy (non-hydrogen) atoms. The minimum absolute atomic E-state index is 0.0514. The Labute approximate surface area is 127 Å². The van der Waals surface area contributed by atoms with Crippen LogP contribution in [-0.2, 0) is 9.59 Å². The van der Waals surface area contributed by atoms with Gasteiger partial charge in [0.15, 0.2) is 0 Å². The minimum atomic E-state index is -0.887. The fourth-order valence-corrected chi connectivity index (χ4v) is 4.12. The van der Waals surface area contributed by atoms with Crippen LogP contribution in [-0.4, -0.2) is 28.4 Å². The number of rotatable bonds is 4. The SMILES string of the molecule is CCCN1C(=O)CC(C(=O)O)C1c1csc2ccccc12. The molecule has 4 nitrogen and oxygen atoms in total. The summed E-state index contributed by atoms with van der Waals surface area (Å²) in [5.41, 5.74) is 0.974. The molecule has 2 unspecified atom stereocenters. The Bertz CT molecular complexity index is 694. The van der Waals surface area contributed by atoms with Gasteiger partial charge in [-0.2, -0.15) is 0 Å². The number of fused-ring (bicyclic) bond motifs is 1. The Kier molecular flexibility index (Phi) is 3.68. The van der Waals surface area contributed by atoms with Crippen LogP contribution in [0.1, 0.15) is 31.4 Å². The highest BCUT2D eigenvalue weighted by Crippen LogP contribution is 2.43. The van der Waals surface area contributed by atoms with Crippen LogP contribution in [0.25, 0.3) is 10.1 Å². The van der Waals surface area contributed by atoms with Gasteiger partial charge in [0.05, 0.1) is 12.0 Å². The van der Waals surface area contributed by atoms with Gasteiger partial charge < -0.3 is 10.0 Å². The van der Waals surface area contributed by atoms with Gasteiger partial charge in [-0.05, 0) is 28.8 Å². The third-order valence-corrected chi connectivity index (χ3v) is 5.02. The maximum absolute atomic E-state index is 12.2. The monoisotopic (exact) mass is 303 g/mol. The molecule has 0 aliphatic carbocycles. The lowest BCUT2D eigenvalue weighted by Crippen LogP contribution is -2.31. The van der Waals surface area contributed by atoms with Gasteiger partial charge in [0.1, 0.15) is 0 Å². The standard InChI is InChI=1S/C16H17NO3S/c1-2-7-17-14(18)8-11(16(19)20)15(17)12-9-21-13-6-4-3-5-10(12)13/h3-6,9,11,15H,2,7-8H2,1H3,(H,19,20). The van der Waals surface area contributed by atoms with Crippen LogP contribution in [0.4, 0.5) is 0 Å². The Morgan fingerprint density at radius 2 is 2.19 bits per heavy atom. The molecule has 1 fully saturated rings. The summed E-state index contributed by atoms with van der Waals surface area (Å²) in [6.45, 7) is 2.61. The van der Waals surface area contributed by atoms with Crippen molar-refractivity contribution in [1.82, 2.24) is 4.90 Å². The average molecular weight is 303 g/mol. The Morgan fingerprint density at radius 3 is 2.90 bits per heavy atom. The van der Waals surface area contributed by atoms with Gasteiger partial charge in [0, 0.05) is 17.7 Å². The summed E-state index contributed by atoms with van der Waals surface area (Å²) in [6, 6.07) is 7.62. The lowest BCUT2D eigenvalue weighted by molar-refractivity contribution is -0.142. The summed E-state index contributed by atoms with van der Waals surface area (Å²) in [5.74, 6) is -1.59. The van der Waals surface area contributed by atoms with E-state index in [0.29, 0.717) is 6.54 Å². The number of carbonyl (C=O) groups excluding carboxylic acids is 1. The summed E-state index contributed by atoms with van der Waals surface area (Å²) in [7, 11) is 0. The molecule has 1 aliphatic rings. The van der Waals surface area contributed by atoms with E-state index in [9.17, 15) is 14.7 Å². The van der Waals surface area contributed by atoms with Gasteiger partial charge in [0.2, 0.25) is 5.91 Å². The van der Waals surface area contributed by atoms with Crippen LogP contribution in [0.5, 0.6) is 0 Å². The van der Waals surface area contributed by atoms with Gasteiger partial charge in [0.25, 0.3) is 0 Å². The van der Waals surface area contributed by atoms with Gasteiger partial charge in [-0.1, -0.05) is 25.1 Å². The topological polar surface area (TPSA) is 57.6 Å². The summed E-state index contributed by atoms with van der Waals surface area (Å²) in [4.78, 5) is 25.5. The molecule has 1 N–H and O–H groups in total. The van der Waals surface area contributed by atoms with E-state index < -0.39 is 11.9 Å². The number of benzene rings is 1. The van der Waals surface area contributed by atoms with Crippen LogP contribution in [0.2, 0.25) is 0 Å². The number of carboxylic acids is 1. The van der Waals surface area contributed by atoms with Gasteiger partial charge >= 0.3 is 5.97 Å². The summed E-state index contributed by atoms with van der Waals surface area (Å²) in [6.07, 6.45) is 0.931. The van der Waals surface area contributed by atoms with E-state index in [-0.39, 0.29) is 18.4 Å². The second-order valence-electron chi connectivity index (χ2n) is 5.37. The summed E-state index contributed by atoms with van der Waals surface area (Å²) < 4.78 is 1.13. The average Bonchev–Trinajstić information content (AvgIpc) is 3.01. The predicted molar refractivity (Wildman–Crippen MR) is 82.3 cm³/mol. The molecule has 0 radical (unpaired) electrons. The number of amides is 1. The normalized spacial score (nSPS) is 22.1. The van der Waals surface area contributed by atoms with E-state index >= 15 is 0 Å². The molecule has 1 saturated heterocycles. The zero-order valence-corrected chi connectivity index (χ0v) is 12.6. The molecule has 1 aliphatic heterocycles. The smallest absolute Gasteiger partial charge is 0.309 e.